The quantitative estimate of drug-likeness (QED) is 0.562. The third-order valence-electron chi connectivity index (χ3n) is 5.04. The minimum absolute atomic E-state index is 0.0358. The Kier molecular flexibility index (Phi) is 8.90. The molecule has 0 bridgehead atoms. The first-order chi connectivity index (χ1) is 14.2. The third-order valence-corrected chi connectivity index (χ3v) is 6.24. The van der Waals surface area contributed by atoms with Crippen molar-refractivity contribution in [1.29, 1.82) is 0 Å². The van der Waals surface area contributed by atoms with Gasteiger partial charge in [0.1, 0.15) is 0 Å². The van der Waals surface area contributed by atoms with Crippen molar-refractivity contribution in [2.24, 2.45) is 5.92 Å². The van der Waals surface area contributed by atoms with Crippen molar-refractivity contribution in [2.45, 2.75) is 52.5 Å². The normalized spacial score (nSPS) is 12.6. The molecule has 0 saturated carbocycles. The van der Waals surface area contributed by atoms with Gasteiger partial charge in [0, 0.05) is 13.0 Å². The summed E-state index contributed by atoms with van der Waals surface area (Å²) in [5, 5.41) is 3.13. The highest BCUT2D eigenvalue weighted by Gasteiger charge is 2.19. The van der Waals surface area contributed by atoms with E-state index in [9.17, 15) is 13.2 Å². The van der Waals surface area contributed by atoms with E-state index in [2.05, 4.69) is 26.1 Å². The average Bonchev–Trinajstić information content (AvgIpc) is 2.70. The van der Waals surface area contributed by atoms with Gasteiger partial charge in [0.15, 0.2) is 0 Å². The molecule has 2 aromatic carbocycles. The lowest BCUT2D eigenvalue weighted by molar-refractivity contribution is -0.122. The maximum absolute atomic E-state index is 12.6. The Morgan fingerprint density at radius 1 is 1.03 bits per heavy atom. The SMILES string of the molecule is CCc1ccc(N(CCCC(=O)N[C@H](CC(C)C)c2ccccc2)S(C)(=O)=O)cc1. The minimum atomic E-state index is -3.42. The monoisotopic (exact) mass is 430 g/mol. The Hall–Kier alpha value is -2.34. The summed E-state index contributed by atoms with van der Waals surface area (Å²) >= 11 is 0. The first-order valence-electron chi connectivity index (χ1n) is 10.6. The number of carbonyl (C=O) groups excluding carboxylic acids is 1. The standard InChI is InChI=1S/C24H34N2O3S/c1-5-20-13-15-22(16-14-20)26(30(4,28)29)17-9-12-24(27)25-23(18-19(2)3)21-10-7-6-8-11-21/h6-8,10-11,13-16,19,23H,5,9,12,17-18H2,1-4H3,(H,25,27)/t23-/m1/s1. The molecule has 6 heteroatoms. The number of anilines is 1. The van der Waals surface area contributed by atoms with Gasteiger partial charge in [0.05, 0.1) is 18.0 Å². The first-order valence-corrected chi connectivity index (χ1v) is 12.5. The van der Waals surface area contributed by atoms with E-state index < -0.39 is 10.0 Å². The molecule has 30 heavy (non-hydrogen) atoms. The zero-order valence-electron chi connectivity index (χ0n) is 18.5. The Balaban J connectivity index is 1.98. The topological polar surface area (TPSA) is 66.5 Å². The number of rotatable bonds is 11. The smallest absolute Gasteiger partial charge is 0.232 e. The van der Waals surface area contributed by atoms with Gasteiger partial charge < -0.3 is 5.32 Å². The van der Waals surface area contributed by atoms with Crippen LogP contribution in [-0.4, -0.2) is 27.1 Å². The molecule has 1 amide bonds. The second-order valence-electron chi connectivity index (χ2n) is 8.12. The van der Waals surface area contributed by atoms with Gasteiger partial charge in [-0.25, -0.2) is 8.42 Å². The van der Waals surface area contributed by atoms with Crippen LogP contribution in [0.2, 0.25) is 0 Å². The Morgan fingerprint density at radius 2 is 1.67 bits per heavy atom. The van der Waals surface area contributed by atoms with Gasteiger partial charge in [0.2, 0.25) is 15.9 Å². The van der Waals surface area contributed by atoms with Gasteiger partial charge in [-0.2, -0.15) is 0 Å². The number of sulfonamides is 1. The number of hydrogen-bond donors (Lipinski definition) is 1. The molecule has 164 valence electrons. The van der Waals surface area contributed by atoms with E-state index in [4.69, 9.17) is 0 Å². The molecule has 0 aliphatic heterocycles. The van der Waals surface area contributed by atoms with Crippen molar-refractivity contribution in [3.63, 3.8) is 0 Å². The highest BCUT2D eigenvalue weighted by Crippen LogP contribution is 2.22. The van der Waals surface area contributed by atoms with Crippen molar-refractivity contribution < 1.29 is 13.2 Å². The van der Waals surface area contributed by atoms with Gasteiger partial charge in [0.25, 0.3) is 0 Å². The third kappa shape index (κ3) is 7.48. The fourth-order valence-electron chi connectivity index (χ4n) is 3.47. The Labute approximate surface area is 181 Å². The van der Waals surface area contributed by atoms with E-state index in [0.29, 0.717) is 18.0 Å². The lowest BCUT2D eigenvalue weighted by Crippen LogP contribution is -2.33. The summed E-state index contributed by atoms with van der Waals surface area (Å²) in [6.45, 7) is 6.60. The van der Waals surface area contributed by atoms with Crippen molar-refractivity contribution >= 4 is 21.6 Å². The molecular formula is C24H34N2O3S. The van der Waals surface area contributed by atoms with Crippen LogP contribution in [0.1, 0.15) is 57.2 Å². The molecule has 0 aliphatic rings. The van der Waals surface area contributed by atoms with Crippen LogP contribution in [0.15, 0.2) is 54.6 Å². The summed E-state index contributed by atoms with van der Waals surface area (Å²) in [7, 11) is -3.42. The predicted molar refractivity (Wildman–Crippen MR) is 124 cm³/mol. The fraction of sp³-hybridized carbons (Fsp3) is 0.458. The molecule has 1 atom stereocenters. The molecule has 0 spiro atoms. The molecule has 1 N–H and O–H groups in total. The van der Waals surface area contributed by atoms with Crippen molar-refractivity contribution in [3.05, 3.63) is 65.7 Å². The Morgan fingerprint density at radius 3 is 2.20 bits per heavy atom. The van der Waals surface area contributed by atoms with Crippen LogP contribution in [0.5, 0.6) is 0 Å². The zero-order chi connectivity index (χ0) is 22.1. The number of aryl methyl sites for hydroxylation is 1. The molecule has 5 nitrogen and oxygen atoms in total. The molecule has 0 heterocycles. The molecule has 2 aromatic rings. The molecule has 0 aromatic heterocycles. The van der Waals surface area contributed by atoms with Crippen LogP contribution in [0.4, 0.5) is 5.69 Å². The second kappa shape index (κ2) is 11.2. The van der Waals surface area contributed by atoms with Gasteiger partial charge in [-0.1, -0.05) is 63.2 Å². The molecule has 0 radical (unpaired) electrons. The van der Waals surface area contributed by atoms with Crippen LogP contribution < -0.4 is 9.62 Å². The van der Waals surface area contributed by atoms with Crippen molar-refractivity contribution in [2.75, 3.05) is 17.1 Å². The van der Waals surface area contributed by atoms with E-state index >= 15 is 0 Å². The van der Waals surface area contributed by atoms with Gasteiger partial charge in [-0.3, -0.25) is 9.10 Å². The highest BCUT2D eigenvalue weighted by atomic mass is 32.2. The van der Waals surface area contributed by atoms with Crippen LogP contribution in [0.3, 0.4) is 0 Å². The van der Waals surface area contributed by atoms with E-state index in [1.54, 1.807) is 0 Å². The van der Waals surface area contributed by atoms with Gasteiger partial charge in [-0.15, -0.1) is 0 Å². The lowest BCUT2D eigenvalue weighted by atomic mass is 9.97. The number of nitrogens with one attached hydrogen (secondary N) is 1. The van der Waals surface area contributed by atoms with Gasteiger partial charge in [-0.05, 0) is 48.4 Å². The van der Waals surface area contributed by atoms with Crippen LogP contribution in [-0.2, 0) is 21.2 Å². The molecular weight excluding hydrogens is 396 g/mol. The van der Waals surface area contributed by atoms with E-state index in [1.807, 2.05) is 54.6 Å². The summed E-state index contributed by atoms with van der Waals surface area (Å²) < 4.78 is 25.9. The maximum atomic E-state index is 12.6. The molecule has 0 aliphatic carbocycles. The van der Waals surface area contributed by atoms with E-state index in [0.717, 1.165) is 24.0 Å². The summed E-state index contributed by atoms with van der Waals surface area (Å²) in [4.78, 5) is 12.6. The minimum Gasteiger partial charge on any atom is -0.349 e. The van der Waals surface area contributed by atoms with E-state index in [1.165, 1.54) is 10.6 Å². The molecule has 0 fully saturated rings. The summed E-state index contributed by atoms with van der Waals surface area (Å²) in [5.41, 5.74) is 2.88. The fourth-order valence-corrected chi connectivity index (χ4v) is 4.43. The number of carbonyl (C=O) groups is 1. The molecule has 0 saturated heterocycles. The molecule has 0 unspecified atom stereocenters. The largest absolute Gasteiger partial charge is 0.349 e. The first kappa shape index (κ1) is 23.9. The number of benzene rings is 2. The van der Waals surface area contributed by atoms with Crippen LogP contribution >= 0.6 is 0 Å². The number of hydrogen-bond acceptors (Lipinski definition) is 3. The average molecular weight is 431 g/mol. The van der Waals surface area contributed by atoms with Crippen molar-refractivity contribution in [3.8, 4) is 0 Å². The van der Waals surface area contributed by atoms with Crippen LogP contribution in [0.25, 0.3) is 0 Å². The lowest BCUT2D eigenvalue weighted by Gasteiger charge is -2.24. The summed E-state index contributed by atoms with van der Waals surface area (Å²) in [5.74, 6) is 0.390. The zero-order valence-corrected chi connectivity index (χ0v) is 19.3. The van der Waals surface area contributed by atoms with Gasteiger partial charge >= 0.3 is 0 Å². The van der Waals surface area contributed by atoms with Crippen molar-refractivity contribution in [1.82, 2.24) is 5.32 Å². The summed E-state index contributed by atoms with van der Waals surface area (Å²) in [6.07, 6.45) is 3.69. The van der Waals surface area contributed by atoms with E-state index in [-0.39, 0.29) is 24.9 Å². The highest BCUT2D eigenvalue weighted by molar-refractivity contribution is 7.92. The Bertz CT molecular complexity index is 894. The maximum Gasteiger partial charge on any atom is 0.232 e. The summed E-state index contributed by atoms with van der Waals surface area (Å²) in [6, 6.07) is 17.5. The van der Waals surface area contributed by atoms with Crippen LogP contribution in [0, 0.1) is 5.92 Å². The molecule has 2 rings (SSSR count). The second-order valence-corrected chi connectivity index (χ2v) is 10.0. The number of amides is 1. The number of nitrogens with zero attached hydrogens (tertiary/aromatic N) is 1. The predicted octanol–water partition coefficient (Wildman–Crippen LogP) is 4.70.